The van der Waals surface area contributed by atoms with Gasteiger partial charge in [0.2, 0.25) is 0 Å². The highest BCUT2D eigenvalue weighted by molar-refractivity contribution is 5.70. The van der Waals surface area contributed by atoms with Crippen LogP contribution < -0.4 is 10.2 Å². The molecule has 0 unspecified atom stereocenters. The first-order chi connectivity index (χ1) is 8.93. The van der Waals surface area contributed by atoms with Gasteiger partial charge >= 0.3 is 0 Å². The molecular weight excluding hydrogens is 226 g/mol. The monoisotopic (exact) mass is 241 g/mol. The van der Waals surface area contributed by atoms with Gasteiger partial charge in [0.25, 0.3) is 0 Å². The number of nitrogens with zero attached hydrogens (tertiary/aromatic N) is 4. The highest BCUT2D eigenvalue weighted by Crippen LogP contribution is 2.36. The summed E-state index contributed by atoms with van der Waals surface area (Å²) in [5, 5.41) is 7.73. The SMILES string of the molecule is c1ncn(-c2ccc3c4c2CCN4CCNC3)n1. The second-order valence-corrected chi connectivity index (χ2v) is 4.82. The van der Waals surface area contributed by atoms with E-state index < -0.39 is 0 Å². The van der Waals surface area contributed by atoms with E-state index in [0.717, 1.165) is 32.6 Å². The Kier molecular flexibility index (Phi) is 2.14. The molecule has 2 aliphatic rings. The molecule has 0 amide bonds. The average Bonchev–Trinajstić information content (AvgIpc) is 3.00. The fraction of sp³-hybridized carbons (Fsp3) is 0.385. The lowest BCUT2D eigenvalue weighted by molar-refractivity contribution is 0.692. The molecular formula is C13H15N5. The van der Waals surface area contributed by atoms with Crippen LogP contribution in [0.15, 0.2) is 24.8 Å². The molecule has 2 aromatic rings. The second-order valence-electron chi connectivity index (χ2n) is 4.82. The first kappa shape index (κ1) is 10.1. The normalized spacial score (nSPS) is 17.7. The van der Waals surface area contributed by atoms with Crippen LogP contribution in [0.2, 0.25) is 0 Å². The molecule has 0 saturated heterocycles. The maximum atomic E-state index is 4.26. The van der Waals surface area contributed by atoms with Crippen LogP contribution in [0.4, 0.5) is 5.69 Å². The third kappa shape index (κ3) is 1.37. The molecule has 1 aromatic heterocycles. The fourth-order valence-electron chi connectivity index (χ4n) is 3.02. The number of benzene rings is 1. The molecule has 1 N–H and O–H groups in total. The Balaban J connectivity index is 1.92. The van der Waals surface area contributed by atoms with E-state index in [1.165, 1.54) is 22.5 Å². The van der Waals surface area contributed by atoms with Crippen LogP contribution in [0.5, 0.6) is 0 Å². The molecule has 5 heteroatoms. The van der Waals surface area contributed by atoms with Crippen molar-refractivity contribution < 1.29 is 0 Å². The van der Waals surface area contributed by atoms with Gasteiger partial charge < -0.3 is 10.2 Å². The smallest absolute Gasteiger partial charge is 0.138 e. The predicted molar refractivity (Wildman–Crippen MR) is 69.0 cm³/mol. The lowest BCUT2D eigenvalue weighted by Gasteiger charge is -2.19. The van der Waals surface area contributed by atoms with Gasteiger partial charge in [0.1, 0.15) is 12.7 Å². The van der Waals surface area contributed by atoms with Crippen LogP contribution in [0.1, 0.15) is 11.1 Å². The first-order valence-electron chi connectivity index (χ1n) is 6.39. The summed E-state index contributed by atoms with van der Waals surface area (Å²) in [6.07, 6.45) is 4.47. The zero-order valence-corrected chi connectivity index (χ0v) is 10.1. The lowest BCUT2D eigenvalue weighted by Crippen LogP contribution is -2.27. The quantitative estimate of drug-likeness (QED) is 0.799. The molecule has 0 atom stereocenters. The van der Waals surface area contributed by atoms with Gasteiger partial charge in [0.05, 0.1) is 5.69 Å². The van der Waals surface area contributed by atoms with E-state index in [1.807, 2.05) is 4.68 Å². The maximum absolute atomic E-state index is 4.26. The van der Waals surface area contributed by atoms with Crippen molar-refractivity contribution in [1.29, 1.82) is 0 Å². The van der Waals surface area contributed by atoms with Crippen LogP contribution in [0.25, 0.3) is 5.69 Å². The van der Waals surface area contributed by atoms with E-state index in [4.69, 9.17) is 0 Å². The maximum Gasteiger partial charge on any atom is 0.138 e. The van der Waals surface area contributed by atoms with E-state index in [2.05, 4.69) is 32.4 Å². The number of anilines is 1. The van der Waals surface area contributed by atoms with E-state index in [0.29, 0.717) is 0 Å². The van der Waals surface area contributed by atoms with Crippen LogP contribution in [-0.4, -0.2) is 34.4 Å². The van der Waals surface area contributed by atoms with Crippen molar-refractivity contribution in [1.82, 2.24) is 20.1 Å². The van der Waals surface area contributed by atoms with Gasteiger partial charge in [-0.2, -0.15) is 5.10 Å². The summed E-state index contributed by atoms with van der Waals surface area (Å²) < 4.78 is 1.87. The van der Waals surface area contributed by atoms with Crippen LogP contribution >= 0.6 is 0 Å². The van der Waals surface area contributed by atoms with Crippen molar-refractivity contribution in [2.75, 3.05) is 24.5 Å². The van der Waals surface area contributed by atoms with E-state index in [1.54, 1.807) is 12.7 Å². The summed E-state index contributed by atoms with van der Waals surface area (Å²) in [5.74, 6) is 0. The number of hydrogen-bond acceptors (Lipinski definition) is 4. The second kappa shape index (κ2) is 3.81. The Bertz CT molecular complexity index is 575. The van der Waals surface area contributed by atoms with Crippen molar-refractivity contribution >= 4 is 5.69 Å². The van der Waals surface area contributed by atoms with Crippen LogP contribution in [-0.2, 0) is 13.0 Å². The summed E-state index contributed by atoms with van der Waals surface area (Å²) in [6.45, 7) is 4.25. The van der Waals surface area contributed by atoms with Crippen LogP contribution in [0, 0.1) is 0 Å². The van der Waals surface area contributed by atoms with Crippen LogP contribution in [0.3, 0.4) is 0 Å². The molecule has 4 rings (SSSR count). The zero-order valence-electron chi connectivity index (χ0n) is 10.1. The van der Waals surface area contributed by atoms with E-state index >= 15 is 0 Å². The molecule has 3 heterocycles. The standard InChI is InChI=1S/C13H15N5/c1-2-12(18-9-15-8-16-18)11-3-5-17-6-4-14-7-10(1)13(11)17/h1-2,8-9,14H,3-7H2. The molecule has 18 heavy (non-hydrogen) atoms. The highest BCUT2D eigenvalue weighted by atomic mass is 15.3. The Morgan fingerprint density at radius 3 is 3.11 bits per heavy atom. The Hall–Kier alpha value is -1.88. The van der Waals surface area contributed by atoms with Gasteiger partial charge in [-0.3, -0.25) is 0 Å². The number of nitrogens with one attached hydrogen (secondary N) is 1. The Morgan fingerprint density at radius 2 is 2.22 bits per heavy atom. The summed E-state index contributed by atoms with van der Waals surface area (Å²) in [6, 6.07) is 4.38. The molecule has 0 radical (unpaired) electrons. The number of rotatable bonds is 1. The van der Waals surface area contributed by atoms with Crippen molar-refractivity contribution in [3.63, 3.8) is 0 Å². The molecule has 2 aliphatic heterocycles. The van der Waals surface area contributed by atoms with Crippen molar-refractivity contribution in [2.45, 2.75) is 13.0 Å². The minimum Gasteiger partial charge on any atom is -0.369 e. The molecule has 1 aromatic carbocycles. The molecule has 0 aliphatic carbocycles. The largest absolute Gasteiger partial charge is 0.369 e. The van der Waals surface area contributed by atoms with Gasteiger partial charge in [-0.15, -0.1) is 0 Å². The van der Waals surface area contributed by atoms with Gasteiger partial charge in [0, 0.05) is 37.4 Å². The van der Waals surface area contributed by atoms with Gasteiger partial charge in [-0.1, -0.05) is 6.07 Å². The molecule has 5 nitrogen and oxygen atoms in total. The topological polar surface area (TPSA) is 46.0 Å². The van der Waals surface area contributed by atoms with Gasteiger partial charge in [0.15, 0.2) is 0 Å². The van der Waals surface area contributed by atoms with E-state index in [-0.39, 0.29) is 0 Å². The number of aromatic nitrogens is 3. The number of hydrogen-bond donors (Lipinski definition) is 1. The molecule has 0 bridgehead atoms. The molecule has 0 saturated carbocycles. The summed E-state index contributed by atoms with van der Waals surface area (Å²) in [5.41, 5.74) is 5.43. The van der Waals surface area contributed by atoms with Crippen molar-refractivity contribution in [3.05, 3.63) is 35.9 Å². The minimum absolute atomic E-state index is 0.969. The highest BCUT2D eigenvalue weighted by Gasteiger charge is 2.26. The third-order valence-electron chi connectivity index (χ3n) is 3.83. The van der Waals surface area contributed by atoms with Gasteiger partial charge in [-0.25, -0.2) is 9.67 Å². The average molecular weight is 241 g/mol. The third-order valence-corrected chi connectivity index (χ3v) is 3.83. The Labute approximate surface area is 105 Å². The Morgan fingerprint density at radius 1 is 1.22 bits per heavy atom. The van der Waals surface area contributed by atoms with Gasteiger partial charge in [-0.05, 0) is 18.1 Å². The molecule has 0 fully saturated rings. The minimum atomic E-state index is 0.969. The predicted octanol–water partition coefficient (Wildman–Crippen LogP) is 0.733. The summed E-state index contributed by atoms with van der Waals surface area (Å²) in [4.78, 5) is 6.54. The molecule has 0 spiro atoms. The van der Waals surface area contributed by atoms with Crippen molar-refractivity contribution in [2.24, 2.45) is 0 Å². The zero-order chi connectivity index (χ0) is 11.9. The fourth-order valence-corrected chi connectivity index (χ4v) is 3.02. The first-order valence-corrected chi connectivity index (χ1v) is 6.39. The molecule has 92 valence electrons. The van der Waals surface area contributed by atoms with E-state index in [9.17, 15) is 0 Å². The van der Waals surface area contributed by atoms with Crippen molar-refractivity contribution in [3.8, 4) is 5.69 Å². The summed E-state index contributed by atoms with van der Waals surface area (Å²) in [7, 11) is 0. The lowest BCUT2D eigenvalue weighted by atomic mass is 10.0. The summed E-state index contributed by atoms with van der Waals surface area (Å²) >= 11 is 0.